The fourth-order valence-corrected chi connectivity index (χ4v) is 2.35. The monoisotopic (exact) mass is 356 g/mol. The van der Waals surface area contributed by atoms with E-state index in [4.69, 9.17) is 4.74 Å². The van der Waals surface area contributed by atoms with E-state index in [1.165, 1.54) is 12.1 Å². The number of rotatable bonds is 7. The maximum Gasteiger partial charge on any atom is 0.224 e. The van der Waals surface area contributed by atoms with Gasteiger partial charge in [-0.1, -0.05) is 12.1 Å². The molecular weight excluding hydrogens is 338 g/mol. The van der Waals surface area contributed by atoms with E-state index in [1.54, 1.807) is 19.4 Å². The molecule has 0 aliphatic carbocycles. The van der Waals surface area contributed by atoms with Crippen molar-refractivity contribution in [1.82, 2.24) is 9.97 Å². The van der Waals surface area contributed by atoms with Crippen LogP contribution in [0.4, 0.5) is 26.2 Å². The Balaban J connectivity index is 1.58. The second-order valence-electron chi connectivity index (χ2n) is 5.54. The van der Waals surface area contributed by atoms with Crippen LogP contribution >= 0.6 is 0 Å². The maximum absolute atomic E-state index is 13.7. The number of aromatic nitrogens is 2. The van der Waals surface area contributed by atoms with Crippen molar-refractivity contribution in [3.8, 4) is 5.75 Å². The van der Waals surface area contributed by atoms with Crippen molar-refractivity contribution in [2.45, 2.75) is 6.42 Å². The molecule has 0 fully saturated rings. The molecule has 134 valence electrons. The Kier molecular flexibility index (Phi) is 5.58. The number of anilines is 3. The van der Waals surface area contributed by atoms with Crippen LogP contribution in [0.25, 0.3) is 0 Å². The van der Waals surface area contributed by atoms with Crippen molar-refractivity contribution in [3.63, 3.8) is 0 Å². The summed E-state index contributed by atoms with van der Waals surface area (Å²) < 4.78 is 31.8. The summed E-state index contributed by atoms with van der Waals surface area (Å²) >= 11 is 0. The van der Waals surface area contributed by atoms with Crippen molar-refractivity contribution < 1.29 is 13.5 Å². The standard InChI is InChI=1S/C19H18F2N4O/c1-26-15-5-2-13(3-6-15)8-10-22-19-23-11-9-18(25-19)24-17-7-4-14(20)12-16(17)21/h2-7,9,11-12H,8,10H2,1H3,(H2,22,23,24,25). The Bertz CT molecular complexity index is 872. The zero-order valence-corrected chi connectivity index (χ0v) is 14.2. The van der Waals surface area contributed by atoms with Crippen LogP contribution in [0.5, 0.6) is 5.75 Å². The maximum atomic E-state index is 13.7. The molecule has 0 aliphatic rings. The van der Waals surface area contributed by atoms with Crippen LogP contribution < -0.4 is 15.4 Å². The van der Waals surface area contributed by atoms with Gasteiger partial charge in [-0.3, -0.25) is 0 Å². The summed E-state index contributed by atoms with van der Waals surface area (Å²) in [6, 6.07) is 12.7. The molecule has 0 amide bonds. The van der Waals surface area contributed by atoms with Gasteiger partial charge in [0.2, 0.25) is 5.95 Å². The van der Waals surface area contributed by atoms with Gasteiger partial charge in [-0.2, -0.15) is 4.98 Å². The van der Waals surface area contributed by atoms with Gasteiger partial charge in [0.05, 0.1) is 12.8 Å². The molecular formula is C19H18F2N4O. The minimum atomic E-state index is -0.683. The quantitative estimate of drug-likeness (QED) is 0.666. The number of benzene rings is 2. The number of nitrogens with zero attached hydrogens (tertiary/aromatic N) is 2. The van der Waals surface area contributed by atoms with Crippen LogP contribution in [-0.2, 0) is 6.42 Å². The summed E-state index contributed by atoms with van der Waals surface area (Å²) in [7, 11) is 1.63. The highest BCUT2D eigenvalue weighted by atomic mass is 19.1. The summed E-state index contributed by atoms with van der Waals surface area (Å²) in [5.74, 6) is 0.342. The van der Waals surface area contributed by atoms with E-state index in [2.05, 4.69) is 20.6 Å². The third kappa shape index (κ3) is 4.66. The Morgan fingerprint density at radius 1 is 1.04 bits per heavy atom. The second-order valence-corrected chi connectivity index (χ2v) is 5.54. The van der Waals surface area contributed by atoms with Gasteiger partial charge in [-0.05, 0) is 42.3 Å². The molecule has 0 spiro atoms. The summed E-state index contributed by atoms with van der Waals surface area (Å²) in [6.45, 7) is 0.640. The number of halogens is 2. The minimum Gasteiger partial charge on any atom is -0.497 e. The second kappa shape index (κ2) is 8.24. The Morgan fingerprint density at radius 2 is 1.85 bits per heavy atom. The Morgan fingerprint density at radius 3 is 2.58 bits per heavy atom. The zero-order chi connectivity index (χ0) is 18.4. The number of ether oxygens (including phenoxy) is 1. The van der Waals surface area contributed by atoms with Crippen molar-refractivity contribution in [3.05, 3.63) is 71.9 Å². The lowest BCUT2D eigenvalue weighted by atomic mass is 10.1. The van der Waals surface area contributed by atoms with Crippen molar-refractivity contribution in [2.24, 2.45) is 0 Å². The van der Waals surface area contributed by atoms with Gasteiger partial charge in [0.25, 0.3) is 0 Å². The van der Waals surface area contributed by atoms with Crippen LogP contribution in [0, 0.1) is 11.6 Å². The van der Waals surface area contributed by atoms with Crippen LogP contribution in [0.15, 0.2) is 54.7 Å². The largest absolute Gasteiger partial charge is 0.497 e. The van der Waals surface area contributed by atoms with E-state index in [0.717, 1.165) is 23.8 Å². The van der Waals surface area contributed by atoms with Crippen molar-refractivity contribution in [1.29, 1.82) is 0 Å². The summed E-state index contributed by atoms with van der Waals surface area (Å²) in [4.78, 5) is 8.42. The fraction of sp³-hybridized carbons (Fsp3) is 0.158. The normalized spacial score (nSPS) is 10.4. The first-order chi connectivity index (χ1) is 12.6. The van der Waals surface area contributed by atoms with E-state index < -0.39 is 11.6 Å². The lowest BCUT2D eigenvalue weighted by Gasteiger charge is -2.09. The first-order valence-electron chi connectivity index (χ1n) is 8.06. The molecule has 1 aromatic heterocycles. The van der Waals surface area contributed by atoms with E-state index in [9.17, 15) is 8.78 Å². The summed E-state index contributed by atoms with van der Waals surface area (Å²) in [5, 5.41) is 5.94. The molecule has 0 saturated carbocycles. The molecule has 7 heteroatoms. The van der Waals surface area contributed by atoms with E-state index >= 15 is 0 Å². The molecule has 0 unspecified atom stereocenters. The topological polar surface area (TPSA) is 59.1 Å². The Hall–Kier alpha value is -3.22. The molecule has 3 aromatic rings. The van der Waals surface area contributed by atoms with Gasteiger partial charge < -0.3 is 15.4 Å². The molecule has 2 aromatic carbocycles. The third-order valence-corrected chi connectivity index (χ3v) is 3.71. The minimum absolute atomic E-state index is 0.147. The van der Waals surface area contributed by atoms with Crippen molar-refractivity contribution in [2.75, 3.05) is 24.3 Å². The molecule has 3 rings (SSSR count). The average molecular weight is 356 g/mol. The molecule has 0 saturated heterocycles. The number of hydrogen-bond donors (Lipinski definition) is 2. The SMILES string of the molecule is COc1ccc(CCNc2nccc(Nc3ccc(F)cc3F)n2)cc1. The molecule has 0 bridgehead atoms. The predicted molar refractivity (Wildman–Crippen MR) is 96.9 cm³/mol. The van der Waals surface area contributed by atoms with Gasteiger partial charge in [-0.25, -0.2) is 13.8 Å². The summed E-state index contributed by atoms with van der Waals surface area (Å²) in [5.41, 5.74) is 1.30. The third-order valence-electron chi connectivity index (χ3n) is 3.71. The molecule has 2 N–H and O–H groups in total. The van der Waals surface area contributed by atoms with Crippen LogP contribution in [0.3, 0.4) is 0 Å². The first-order valence-corrected chi connectivity index (χ1v) is 8.06. The highest BCUT2D eigenvalue weighted by Gasteiger charge is 2.06. The van der Waals surface area contributed by atoms with Crippen LogP contribution in [0.2, 0.25) is 0 Å². The van der Waals surface area contributed by atoms with Crippen LogP contribution in [0.1, 0.15) is 5.56 Å². The summed E-state index contributed by atoms with van der Waals surface area (Å²) in [6.07, 6.45) is 2.35. The van der Waals surface area contributed by atoms with Crippen LogP contribution in [-0.4, -0.2) is 23.6 Å². The van der Waals surface area contributed by atoms with E-state index in [-0.39, 0.29) is 5.69 Å². The van der Waals surface area contributed by atoms with Gasteiger partial charge in [0.15, 0.2) is 0 Å². The van der Waals surface area contributed by atoms with E-state index in [0.29, 0.717) is 18.3 Å². The predicted octanol–water partition coefficient (Wildman–Crippen LogP) is 4.16. The van der Waals surface area contributed by atoms with Gasteiger partial charge >= 0.3 is 0 Å². The highest BCUT2D eigenvalue weighted by molar-refractivity contribution is 5.57. The van der Waals surface area contributed by atoms with Gasteiger partial charge in [0.1, 0.15) is 23.2 Å². The molecule has 1 heterocycles. The Labute approximate surface area is 150 Å². The molecule has 26 heavy (non-hydrogen) atoms. The average Bonchev–Trinajstić information content (AvgIpc) is 2.65. The lowest BCUT2D eigenvalue weighted by Crippen LogP contribution is -2.09. The fourth-order valence-electron chi connectivity index (χ4n) is 2.35. The lowest BCUT2D eigenvalue weighted by molar-refractivity contribution is 0.414. The van der Waals surface area contributed by atoms with Crippen molar-refractivity contribution >= 4 is 17.5 Å². The molecule has 0 atom stereocenters. The highest BCUT2D eigenvalue weighted by Crippen LogP contribution is 2.19. The zero-order valence-electron chi connectivity index (χ0n) is 14.2. The van der Waals surface area contributed by atoms with Gasteiger partial charge in [0, 0.05) is 18.8 Å². The first kappa shape index (κ1) is 17.6. The molecule has 0 radical (unpaired) electrons. The van der Waals surface area contributed by atoms with E-state index in [1.807, 2.05) is 24.3 Å². The molecule has 0 aliphatic heterocycles. The molecule has 5 nitrogen and oxygen atoms in total. The number of nitrogens with one attached hydrogen (secondary N) is 2. The smallest absolute Gasteiger partial charge is 0.224 e. The van der Waals surface area contributed by atoms with Gasteiger partial charge in [-0.15, -0.1) is 0 Å². The number of methoxy groups -OCH3 is 1. The number of hydrogen-bond acceptors (Lipinski definition) is 5.